The maximum absolute atomic E-state index is 15.1. The van der Waals surface area contributed by atoms with Crippen molar-refractivity contribution in [3.8, 4) is 22.6 Å². The fraction of sp³-hybridized carbons (Fsp3) is 0.231. The standard InChI is InChI=1S/C26H25FN6O10P2/c1-32-30-24(29-31-32)22-9-6-17(12-28-22)20-8-7-18(11-21(20)27)33-13-19(43-26(33)35)14-42-25(34)16-4-2-15(3-5-16)10-23(44(36,37)38)45(39,40)41/h2-9,11-12,19,23H,10,13-14H2,1H3,(H2,36,37,38)(H2,39,40,41)/t19-/m1/s1. The number of nitrogens with zero attached hydrogens (tertiary/aromatic N) is 6. The Hall–Kier alpha value is -4.37. The van der Waals surface area contributed by atoms with Gasteiger partial charge in [0, 0.05) is 17.3 Å². The Balaban J connectivity index is 1.17. The van der Waals surface area contributed by atoms with Crippen LogP contribution in [-0.4, -0.2) is 81.5 Å². The van der Waals surface area contributed by atoms with Gasteiger partial charge < -0.3 is 29.0 Å². The van der Waals surface area contributed by atoms with Gasteiger partial charge in [-0.25, -0.2) is 14.0 Å². The van der Waals surface area contributed by atoms with Gasteiger partial charge in [-0.15, -0.1) is 10.2 Å². The molecule has 3 heterocycles. The maximum atomic E-state index is 15.1. The zero-order valence-corrected chi connectivity index (χ0v) is 25.0. The van der Waals surface area contributed by atoms with Gasteiger partial charge in [-0.2, -0.15) is 4.80 Å². The average Bonchev–Trinajstić information content (AvgIpc) is 3.59. The molecule has 1 atom stereocenters. The molecule has 0 aliphatic carbocycles. The van der Waals surface area contributed by atoms with Gasteiger partial charge >= 0.3 is 27.3 Å². The Labute approximate surface area is 253 Å². The Morgan fingerprint density at radius 1 is 1.09 bits per heavy atom. The number of tetrazole rings is 1. The number of halogens is 1. The van der Waals surface area contributed by atoms with Gasteiger partial charge in [0.1, 0.15) is 18.1 Å². The van der Waals surface area contributed by atoms with E-state index in [0.29, 0.717) is 17.1 Å². The minimum Gasteiger partial charge on any atom is -0.458 e. The monoisotopic (exact) mass is 662 g/mol. The molecule has 1 saturated heterocycles. The van der Waals surface area contributed by atoms with Crippen molar-refractivity contribution in [2.45, 2.75) is 17.9 Å². The van der Waals surface area contributed by atoms with Crippen molar-refractivity contribution in [1.82, 2.24) is 25.2 Å². The highest BCUT2D eigenvalue weighted by Crippen LogP contribution is 2.60. The second-order valence-corrected chi connectivity index (χ2v) is 14.0. The van der Waals surface area contributed by atoms with Crippen LogP contribution in [0.2, 0.25) is 0 Å². The van der Waals surface area contributed by atoms with E-state index < -0.39 is 51.0 Å². The van der Waals surface area contributed by atoms with Crippen LogP contribution >= 0.6 is 15.2 Å². The lowest BCUT2D eigenvalue weighted by molar-refractivity contribution is 0.0300. The fourth-order valence-corrected chi connectivity index (χ4v) is 6.94. The summed E-state index contributed by atoms with van der Waals surface area (Å²) in [6.45, 7) is -0.349. The molecule has 1 aliphatic rings. The molecule has 2 aromatic heterocycles. The van der Waals surface area contributed by atoms with Crippen LogP contribution in [0.5, 0.6) is 0 Å². The summed E-state index contributed by atoms with van der Waals surface area (Å²) in [5.41, 5.74) is 1.63. The topological polar surface area (TPSA) is 227 Å². The number of esters is 1. The molecule has 0 radical (unpaired) electrons. The molecule has 0 unspecified atom stereocenters. The minimum atomic E-state index is -5.11. The third-order valence-electron chi connectivity index (χ3n) is 6.74. The van der Waals surface area contributed by atoms with Crippen molar-refractivity contribution in [1.29, 1.82) is 0 Å². The number of pyridine rings is 1. The summed E-state index contributed by atoms with van der Waals surface area (Å²) in [6, 6.07) is 12.6. The lowest BCUT2D eigenvalue weighted by Crippen LogP contribution is -2.26. The molecule has 45 heavy (non-hydrogen) atoms. The molecule has 5 rings (SSSR count). The van der Waals surface area contributed by atoms with E-state index in [0.717, 1.165) is 0 Å². The van der Waals surface area contributed by atoms with Crippen LogP contribution in [0.3, 0.4) is 0 Å². The van der Waals surface area contributed by atoms with Crippen molar-refractivity contribution < 1.29 is 52.2 Å². The zero-order chi connectivity index (χ0) is 32.5. The fourth-order valence-electron chi connectivity index (χ4n) is 4.47. The predicted octanol–water partition coefficient (Wildman–Crippen LogP) is 2.48. The Morgan fingerprint density at radius 3 is 2.38 bits per heavy atom. The highest BCUT2D eigenvalue weighted by molar-refractivity contribution is 7.70. The van der Waals surface area contributed by atoms with E-state index in [-0.39, 0.29) is 35.5 Å². The van der Waals surface area contributed by atoms with Crippen LogP contribution < -0.4 is 4.90 Å². The molecule has 2 aromatic carbocycles. The van der Waals surface area contributed by atoms with Crippen LogP contribution in [-0.2, 0) is 32.1 Å². The van der Waals surface area contributed by atoms with E-state index in [1.54, 1.807) is 19.2 Å². The van der Waals surface area contributed by atoms with E-state index >= 15 is 4.39 Å². The largest absolute Gasteiger partial charge is 0.458 e. The summed E-state index contributed by atoms with van der Waals surface area (Å²) >= 11 is 0. The first kappa shape index (κ1) is 32.0. The summed E-state index contributed by atoms with van der Waals surface area (Å²) in [5.74, 6) is -1.10. The number of anilines is 1. The number of amides is 1. The normalized spacial score (nSPS) is 15.4. The first-order chi connectivity index (χ1) is 21.2. The van der Waals surface area contributed by atoms with E-state index in [1.165, 1.54) is 58.4 Å². The van der Waals surface area contributed by atoms with Crippen LogP contribution in [0.4, 0.5) is 14.9 Å². The summed E-state index contributed by atoms with van der Waals surface area (Å²) in [7, 11) is -8.60. The third-order valence-corrected chi connectivity index (χ3v) is 10.5. The number of carbonyl (C=O) groups excluding carboxylic acids is 2. The van der Waals surface area contributed by atoms with Crippen molar-refractivity contribution in [2.75, 3.05) is 18.1 Å². The molecule has 1 aliphatic heterocycles. The summed E-state index contributed by atoms with van der Waals surface area (Å²) in [5, 5.41) is 9.49. The molecule has 4 N–H and O–H groups in total. The van der Waals surface area contributed by atoms with E-state index in [4.69, 9.17) is 9.47 Å². The van der Waals surface area contributed by atoms with Gasteiger partial charge in [0.25, 0.3) is 0 Å². The van der Waals surface area contributed by atoms with E-state index in [2.05, 4.69) is 20.4 Å². The van der Waals surface area contributed by atoms with Gasteiger partial charge in [0.15, 0.2) is 11.5 Å². The zero-order valence-electron chi connectivity index (χ0n) is 23.2. The van der Waals surface area contributed by atoms with Crippen molar-refractivity contribution in [2.24, 2.45) is 7.05 Å². The van der Waals surface area contributed by atoms with Crippen LogP contribution in [0.15, 0.2) is 60.8 Å². The van der Waals surface area contributed by atoms with Crippen LogP contribution in [0.25, 0.3) is 22.6 Å². The Kier molecular flexibility index (Phi) is 8.94. The lowest BCUT2D eigenvalue weighted by Gasteiger charge is -2.19. The molecule has 0 saturated carbocycles. The van der Waals surface area contributed by atoms with Crippen molar-refractivity contribution in [3.63, 3.8) is 0 Å². The SMILES string of the molecule is Cn1nnc(-c2ccc(-c3ccc(N4C[C@H](COC(=O)c5ccc(CC(P(=O)(O)O)P(=O)(O)O)cc5)OC4=O)cc3F)cn2)n1. The lowest BCUT2D eigenvalue weighted by atomic mass is 10.1. The highest BCUT2D eigenvalue weighted by Gasteiger charge is 2.43. The summed E-state index contributed by atoms with van der Waals surface area (Å²) in [6.07, 6.45) is -0.779. The smallest absolute Gasteiger partial charge is 0.414 e. The molecule has 0 spiro atoms. The van der Waals surface area contributed by atoms with Gasteiger partial charge in [-0.1, -0.05) is 18.2 Å². The molecular formula is C26H25FN6O10P2. The van der Waals surface area contributed by atoms with E-state index in [9.17, 15) is 38.3 Å². The number of hydrogen-bond acceptors (Lipinski definition) is 10. The number of ether oxygens (including phenoxy) is 2. The number of hydrogen-bond donors (Lipinski definition) is 4. The second-order valence-electron chi connectivity index (χ2n) is 9.97. The molecular weight excluding hydrogens is 637 g/mol. The number of benzene rings is 2. The van der Waals surface area contributed by atoms with Crippen molar-refractivity contribution >= 4 is 32.9 Å². The van der Waals surface area contributed by atoms with E-state index in [1.807, 2.05) is 0 Å². The molecule has 19 heteroatoms. The molecule has 1 amide bonds. The number of aromatic nitrogens is 5. The number of cyclic esters (lactones) is 1. The second kappa shape index (κ2) is 12.6. The third kappa shape index (κ3) is 7.48. The minimum absolute atomic E-state index is 0.0304. The first-order valence-electron chi connectivity index (χ1n) is 13.0. The quantitative estimate of drug-likeness (QED) is 0.141. The maximum Gasteiger partial charge on any atom is 0.414 e. The average molecular weight is 662 g/mol. The summed E-state index contributed by atoms with van der Waals surface area (Å²) in [4.78, 5) is 68.9. The molecule has 4 aromatic rings. The number of rotatable bonds is 10. The summed E-state index contributed by atoms with van der Waals surface area (Å²) < 4.78 is 48.6. The van der Waals surface area contributed by atoms with Crippen molar-refractivity contribution in [3.05, 3.63) is 77.7 Å². The molecule has 1 fully saturated rings. The van der Waals surface area contributed by atoms with Gasteiger partial charge in [-0.3, -0.25) is 19.0 Å². The predicted molar refractivity (Wildman–Crippen MR) is 153 cm³/mol. The van der Waals surface area contributed by atoms with Gasteiger partial charge in [-0.05, 0) is 53.6 Å². The van der Waals surface area contributed by atoms with Gasteiger partial charge in [0.05, 0.1) is 24.8 Å². The highest BCUT2D eigenvalue weighted by atomic mass is 31.2. The molecule has 236 valence electrons. The van der Waals surface area contributed by atoms with Crippen LogP contribution in [0, 0.1) is 5.82 Å². The molecule has 16 nitrogen and oxygen atoms in total. The Morgan fingerprint density at radius 2 is 1.80 bits per heavy atom. The van der Waals surface area contributed by atoms with Crippen LogP contribution in [0.1, 0.15) is 15.9 Å². The number of carbonyl (C=O) groups is 2. The Bertz CT molecular complexity index is 1800. The first-order valence-corrected chi connectivity index (χ1v) is 16.4. The molecule has 0 bridgehead atoms. The van der Waals surface area contributed by atoms with Gasteiger partial charge in [0.2, 0.25) is 5.82 Å². The number of aryl methyl sites for hydroxylation is 1.